The number of hydrogen-bond donors (Lipinski definition) is 1. The first kappa shape index (κ1) is 31.9. The number of piperazine rings is 1. The van der Waals surface area contributed by atoms with Gasteiger partial charge in [0.2, 0.25) is 6.79 Å². The van der Waals surface area contributed by atoms with E-state index in [2.05, 4.69) is 39.6 Å². The number of aromatic nitrogens is 2. The number of ether oxygens (including phenoxy) is 2. The molecule has 1 fully saturated rings. The normalized spacial score (nSPS) is 14.4. The summed E-state index contributed by atoms with van der Waals surface area (Å²) < 4.78 is 13.1. The summed E-state index contributed by atoms with van der Waals surface area (Å²) in [5.74, 6) is 2.21. The molecule has 8 nitrogen and oxygen atoms in total. The summed E-state index contributed by atoms with van der Waals surface area (Å²) >= 11 is 6.32. The van der Waals surface area contributed by atoms with Gasteiger partial charge < -0.3 is 24.3 Å². The fourth-order valence-corrected chi connectivity index (χ4v) is 5.44. The Kier molecular flexibility index (Phi) is 11.4. The molecular weight excluding hydrogens is 573 g/mol. The zero-order valence-corrected chi connectivity index (χ0v) is 25.6. The summed E-state index contributed by atoms with van der Waals surface area (Å²) in [5.41, 5.74) is 4.61. The summed E-state index contributed by atoms with van der Waals surface area (Å²) in [7, 11) is 0. The maximum absolute atomic E-state index is 13.1. The van der Waals surface area contributed by atoms with E-state index >= 15 is 0 Å². The smallest absolute Gasteiger partial charge is 0.271 e. The molecule has 0 radical (unpaired) electrons. The second kappa shape index (κ2) is 14.3. The molecule has 0 atom stereocenters. The van der Waals surface area contributed by atoms with Crippen LogP contribution in [0.5, 0.6) is 11.5 Å². The van der Waals surface area contributed by atoms with Gasteiger partial charge in [-0.3, -0.25) is 9.69 Å². The SMILES string of the molecule is CCCc1nc(C(=O)NCCCN2CCN(c3cccc(Cl)c3C)CC2)c(C)n1-c1ccc2c(c1)OCO2.Cl.Cl. The van der Waals surface area contributed by atoms with Crippen LogP contribution in [0.3, 0.4) is 0 Å². The van der Waals surface area contributed by atoms with Crippen LogP contribution in [0, 0.1) is 13.8 Å². The highest BCUT2D eigenvalue weighted by Crippen LogP contribution is 2.34. The predicted octanol–water partition coefficient (Wildman–Crippen LogP) is 5.61. The molecule has 0 spiro atoms. The van der Waals surface area contributed by atoms with Crippen molar-refractivity contribution in [3.05, 3.63) is 64.2 Å². The number of nitrogens with one attached hydrogen (secondary N) is 1. The molecule has 0 aliphatic carbocycles. The maximum Gasteiger partial charge on any atom is 0.271 e. The average Bonchev–Trinajstić information content (AvgIpc) is 3.52. The van der Waals surface area contributed by atoms with Gasteiger partial charge in [0.25, 0.3) is 5.91 Å². The molecule has 11 heteroatoms. The fourth-order valence-electron chi connectivity index (χ4n) is 5.27. The number of rotatable bonds is 9. The van der Waals surface area contributed by atoms with Gasteiger partial charge in [-0.15, -0.1) is 24.8 Å². The molecule has 2 aliphatic heterocycles. The van der Waals surface area contributed by atoms with Crippen molar-refractivity contribution >= 4 is 48.0 Å². The van der Waals surface area contributed by atoms with Gasteiger partial charge in [-0.25, -0.2) is 4.98 Å². The van der Waals surface area contributed by atoms with Gasteiger partial charge in [0.1, 0.15) is 11.5 Å². The lowest BCUT2D eigenvalue weighted by atomic mass is 10.1. The number of nitrogens with zero attached hydrogens (tertiary/aromatic N) is 4. The van der Waals surface area contributed by atoms with E-state index in [0.29, 0.717) is 18.0 Å². The Bertz CT molecular complexity index is 1310. The van der Waals surface area contributed by atoms with Gasteiger partial charge in [-0.1, -0.05) is 24.6 Å². The van der Waals surface area contributed by atoms with Crippen LogP contribution in [0.25, 0.3) is 5.69 Å². The number of halogens is 3. The molecule has 1 aromatic heterocycles. The highest BCUT2D eigenvalue weighted by Gasteiger charge is 2.23. The number of hydrogen-bond acceptors (Lipinski definition) is 6. The zero-order chi connectivity index (χ0) is 26.6. The Morgan fingerprint density at radius 1 is 1.05 bits per heavy atom. The van der Waals surface area contributed by atoms with Crippen LogP contribution in [0.15, 0.2) is 36.4 Å². The topological polar surface area (TPSA) is 71.9 Å². The van der Waals surface area contributed by atoms with E-state index in [9.17, 15) is 4.79 Å². The van der Waals surface area contributed by atoms with Crippen molar-refractivity contribution < 1.29 is 14.3 Å². The first-order valence-electron chi connectivity index (χ1n) is 13.4. The Balaban J connectivity index is 0.00000220. The molecule has 3 aromatic rings. The van der Waals surface area contributed by atoms with Crippen LogP contribution in [0.1, 0.15) is 47.3 Å². The summed E-state index contributed by atoms with van der Waals surface area (Å²) in [6.45, 7) is 11.9. The number of carbonyl (C=O) groups excluding carboxylic acids is 1. The van der Waals surface area contributed by atoms with Gasteiger partial charge in [-0.2, -0.15) is 0 Å². The Labute approximate surface area is 253 Å². The van der Waals surface area contributed by atoms with Crippen molar-refractivity contribution in [2.75, 3.05) is 51.0 Å². The van der Waals surface area contributed by atoms with Gasteiger partial charge in [0.15, 0.2) is 11.5 Å². The minimum absolute atomic E-state index is 0. The third-order valence-electron chi connectivity index (χ3n) is 7.37. The number of benzene rings is 2. The number of aryl methyl sites for hydroxylation is 1. The molecule has 3 heterocycles. The lowest BCUT2D eigenvalue weighted by Crippen LogP contribution is -2.47. The number of imidazole rings is 1. The Morgan fingerprint density at radius 2 is 1.80 bits per heavy atom. The van der Waals surface area contributed by atoms with E-state index < -0.39 is 0 Å². The fraction of sp³-hybridized carbons (Fsp3) is 0.448. The average molecular weight is 611 g/mol. The lowest BCUT2D eigenvalue weighted by molar-refractivity contribution is 0.0946. The number of amides is 1. The van der Waals surface area contributed by atoms with E-state index in [-0.39, 0.29) is 37.5 Å². The van der Waals surface area contributed by atoms with Gasteiger partial charge >= 0.3 is 0 Å². The lowest BCUT2D eigenvalue weighted by Gasteiger charge is -2.37. The van der Waals surface area contributed by atoms with Crippen LogP contribution < -0.4 is 19.7 Å². The second-order valence-corrected chi connectivity index (χ2v) is 10.3. The summed E-state index contributed by atoms with van der Waals surface area (Å²) in [6.07, 6.45) is 2.61. The second-order valence-electron chi connectivity index (χ2n) is 9.91. The van der Waals surface area contributed by atoms with Crippen molar-refractivity contribution in [2.45, 2.75) is 40.0 Å². The van der Waals surface area contributed by atoms with E-state index in [1.807, 2.05) is 37.3 Å². The molecule has 2 aliphatic rings. The molecule has 1 saturated heterocycles. The molecule has 2 aromatic carbocycles. The quantitative estimate of drug-likeness (QED) is 0.318. The molecular formula is C29H38Cl3N5O3. The van der Waals surface area contributed by atoms with Crippen molar-refractivity contribution in [1.29, 1.82) is 0 Å². The van der Waals surface area contributed by atoms with E-state index in [1.54, 1.807) is 0 Å². The molecule has 1 amide bonds. The van der Waals surface area contributed by atoms with Crippen LogP contribution in [-0.2, 0) is 6.42 Å². The molecule has 0 bridgehead atoms. The predicted molar refractivity (Wildman–Crippen MR) is 165 cm³/mol. The monoisotopic (exact) mass is 609 g/mol. The molecule has 1 N–H and O–H groups in total. The van der Waals surface area contributed by atoms with Crippen LogP contribution >= 0.6 is 36.4 Å². The Hall–Kier alpha value is -2.65. The van der Waals surface area contributed by atoms with Crippen LogP contribution in [0.4, 0.5) is 5.69 Å². The molecule has 40 heavy (non-hydrogen) atoms. The Morgan fingerprint density at radius 3 is 2.55 bits per heavy atom. The van der Waals surface area contributed by atoms with Crippen molar-refractivity contribution in [3.63, 3.8) is 0 Å². The van der Waals surface area contributed by atoms with Gasteiger partial charge in [0.05, 0.1) is 11.4 Å². The summed E-state index contributed by atoms with van der Waals surface area (Å²) in [6, 6.07) is 11.9. The number of fused-ring (bicyclic) bond motifs is 1. The minimum Gasteiger partial charge on any atom is -0.454 e. The molecule has 0 saturated carbocycles. The van der Waals surface area contributed by atoms with Crippen molar-refractivity contribution in [3.8, 4) is 17.2 Å². The molecule has 5 rings (SSSR count). The third-order valence-corrected chi connectivity index (χ3v) is 7.78. The highest BCUT2D eigenvalue weighted by atomic mass is 35.5. The molecule has 218 valence electrons. The first-order chi connectivity index (χ1) is 18.5. The highest BCUT2D eigenvalue weighted by molar-refractivity contribution is 6.31. The van der Waals surface area contributed by atoms with Crippen molar-refractivity contribution in [1.82, 2.24) is 19.8 Å². The third kappa shape index (κ3) is 6.79. The van der Waals surface area contributed by atoms with Crippen molar-refractivity contribution in [2.24, 2.45) is 0 Å². The van der Waals surface area contributed by atoms with E-state index in [4.69, 9.17) is 26.1 Å². The number of carbonyl (C=O) groups is 1. The summed E-state index contributed by atoms with van der Waals surface area (Å²) in [4.78, 5) is 22.7. The summed E-state index contributed by atoms with van der Waals surface area (Å²) in [5, 5.41) is 3.91. The first-order valence-corrected chi connectivity index (χ1v) is 13.8. The minimum atomic E-state index is -0.124. The largest absolute Gasteiger partial charge is 0.454 e. The van der Waals surface area contributed by atoms with E-state index in [1.165, 1.54) is 5.69 Å². The van der Waals surface area contributed by atoms with Crippen LogP contribution in [0.2, 0.25) is 5.02 Å². The van der Waals surface area contributed by atoms with Gasteiger partial charge in [-0.05, 0) is 63.1 Å². The van der Waals surface area contributed by atoms with Gasteiger partial charge in [0, 0.05) is 55.9 Å². The standard InChI is InChI=1S/C29H36ClN5O3.2ClH/c1-4-7-27-32-28(21(3)35(27)22-10-11-25-26(18-22)38-19-37-25)29(36)31-12-6-13-33-14-16-34(17-15-33)24-9-5-8-23(30)20(24)2;;/h5,8-11,18H,4,6-7,12-17,19H2,1-3H3,(H,31,36);2*1H. The maximum atomic E-state index is 13.1. The molecule has 0 unspecified atom stereocenters. The zero-order valence-electron chi connectivity index (χ0n) is 23.2. The van der Waals surface area contributed by atoms with Crippen LogP contribution in [-0.4, -0.2) is 66.4 Å². The number of anilines is 1. The van der Waals surface area contributed by atoms with E-state index in [0.717, 1.165) is 85.5 Å².